The molecule has 1 saturated carbocycles. The fourth-order valence-electron chi connectivity index (χ4n) is 5.68. The lowest BCUT2D eigenvalue weighted by atomic mass is 9.85. The van der Waals surface area contributed by atoms with Crippen LogP contribution in [-0.4, -0.2) is 58.4 Å². The molecule has 4 rings (SSSR count). The molecule has 2 aliphatic heterocycles. The van der Waals surface area contributed by atoms with Crippen LogP contribution < -0.4 is 0 Å². The number of aryl methyl sites for hydroxylation is 1. The van der Waals surface area contributed by atoms with Gasteiger partial charge in [-0.05, 0) is 57.4 Å². The summed E-state index contributed by atoms with van der Waals surface area (Å²) in [5, 5.41) is 0. The lowest BCUT2D eigenvalue weighted by Crippen LogP contribution is -2.67. The Kier molecular flexibility index (Phi) is 6.11. The molecular formula is C24H32N2O4. The largest absolute Gasteiger partial charge is 0.464 e. The van der Waals surface area contributed by atoms with E-state index in [0.29, 0.717) is 18.8 Å². The molecule has 2 amide bonds. The quantitative estimate of drug-likeness (QED) is 0.674. The van der Waals surface area contributed by atoms with Crippen molar-refractivity contribution in [1.82, 2.24) is 9.80 Å². The highest BCUT2D eigenvalue weighted by molar-refractivity contribution is 5.99. The van der Waals surface area contributed by atoms with Gasteiger partial charge in [-0.3, -0.25) is 9.59 Å². The smallest absolute Gasteiger partial charge is 0.328 e. The number of carbonyl (C=O) groups is 3. The van der Waals surface area contributed by atoms with Gasteiger partial charge in [0.2, 0.25) is 11.8 Å². The van der Waals surface area contributed by atoms with Gasteiger partial charge in [0.25, 0.3) is 0 Å². The number of ether oxygens (including phenoxy) is 1. The molecule has 6 heteroatoms. The number of fused-ring (bicyclic) bond motifs is 3. The average Bonchev–Trinajstić information content (AvgIpc) is 3.15. The van der Waals surface area contributed by atoms with Crippen LogP contribution in [0.25, 0.3) is 0 Å². The predicted molar refractivity (Wildman–Crippen MR) is 112 cm³/mol. The summed E-state index contributed by atoms with van der Waals surface area (Å²) in [5.74, 6) is -0.0925. The Bertz CT molecular complexity index is 796. The monoisotopic (exact) mass is 412 g/mol. The summed E-state index contributed by atoms with van der Waals surface area (Å²) in [6.07, 6.45) is 6.19. The first-order valence-corrected chi connectivity index (χ1v) is 11.4. The summed E-state index contributed by atoms with van der Waals surface area (Å²) in [5.41, 5.74) is 1.10. The number of nitrogens with zero attached hydrogens (tertiary/aromatic N) is 2. The summed E-state index contributed by atoms with van der Waals surface area (Å²) >= 11 is 0. The van der Waals surface area contributed by atoms with Crippen molar-refractivity contribution in [1.29, 1.82) is 0 Å². The minimum atomic E-state index is -0.735. The Labute approximate surface area is 178 Å². The minimum Gasteiger partial charge on any atom is -0.464 e. The summed E-state index contributed by atoms with van der Waals surface area (Å²) in [6, 6.07) is 8.30. The number of piperazine rings is 1. The van der Waals surface area contributed by atoms with Crippen molar-refractivity contribution >= 4 is 17.8 Å². The van der Waals surface area contributed by atoms with Crippen LogP contribution >= 0.6 is 0 Å². The first-order valence-electron chi connectivity index (χ1n) is 11.4. The third-order valence-corrected chi connectivity index (χ3v) is 7.10. The van der Waals surface area contributed by atoms with Crippen molar-refractivity contribution in [3.63, 3.8) is 0 Å². The standard InChI is InChI=1S/C24H32N2O4/c1-3-30-24(29)20(14-13-17-9-5-4-6-10-17)25-16(2)22(27)26-19-12-8-7-11-18(19)15-21(26)23(25)28/h4-6,9-10,16,18-21H,3,7-8,11-15H2,1-2H3/t16-,18-,19-,20-,21-/m0/s1. The fraction of sp³-hybridized carbons (Fsp3) is 0.625. The van der Waals surface area contributed by atoms with Crippen LogP contribution in [0.2, 0.25) is 0 Å². The van der Waals surface area contributed by atoms with Crippen LogP contribution in [0.4, 0.5) is 0 Å². The van der Waals surface area contributed by atoms with Crippen LogP contribution in [0, 0.1) is 5.92 Å². The maximum Gasteiger partial charge on any atom is 0.328 e. The van der Waals surface area contributed by atoms with Crippen LogP contribution in [0.5, 0.6) is 0 Å². The van der Waals surface area contributed by atoms with E-state index in [2.05, 4.69) is 0 Å². The van der Waals surface area contributed by atoms with Gasteiger partial charge in [-0.25, -0.2) is 4.79 Å². The summed E-state index contributed by atoms with van der Waals surface area (Å²) in [6.45, 7) is 3.79. The number of rotatable bonds is 6. The van der Waals surface area contributed by atoms with Crippen LogP contribution in [0.1, 0.15) is 57.9 Å². The molecule has 6 nitrogen and oxygen atoms in total. The predicted octanol–water partition coefficient (Wildman–Crippen LogP) is 2.94. The van der Waals surface area contributed by atoms with Gasteiger partial charge in [-0.15, -0.1) is 0 Å². The molecule has 0 radical (unpaired) electrons. The number of hydrogen-bond acceptors (Lipinski definition) is 4. The normalized spacial score (nSPS) is 29.4. The van der Waals surface area contributed by atoms with Gasteiger partial charge in [-0.2, -0.15) is 0 Å². The molecule has 1 aromatic carbocycles. The second kappa shape index (κ2) is 8.78. The van der Waals surface area contributed by atoms with Gasteiger partial charge in [-0.1, -0.05) is 43.2 Å². The van der Waals surface area contributed by atoms with Crippen molar-refractivity contribution < 1.29 is 19.1 Å². The van der Waals surface area contributed by atoms with E-state index in [1.807, 2.05) is 35.2 Å². The highest BCUT2D eigenvalue weighted by atomic mass is 16.5. The van der Waals surface area contributed by atoms with Crippen molar-refractivity contribution in [2.24, 2.45) is 5.92 Å². The van der Waals surface area contributed by atoms with Crippen molar-refractivity contribution in [3.8, 4) is 0 Å². The van der Waals surface area contributed by atoms with E-state index >= 15 is 0 Å². The van der Waals surface area contributed by atoms with Crippen molar-refractivity contribution in [2.75, 3.05) is 6.61 Å². The molecule has 0 spiro atoms. The molecule has 0 aromatic heterocycles. The highest BCUT2D eigenvalue weighted by Crippen LogP contribution is 2.43. The zero-order valence-corrected chi connectivity index (χ0v) is 18.0. The molecule has 1 aliphatic carbocycles. The number of amides is 2. The topological polar surface area (TPSA) is 66.9 Å². The van der Waals surface area contributed by atoms with E-state index in [1.165, 1.54) is 6.42 Å². The molecule has 0 unspecified atom stereocenters. The molecule has 162 valence electrons. The maximum absolute atomic E-state index is 13.6. The molecule has 30 heavy (non-hydrogen) atoms. The van der Waals surface area contributed by atoms with E-state index in [0.717, 1.165) is 31.2 Å². The van der Waals surface area contributed by atoms with Gasteiger partial charge >= 0.3 is 5.97 Å². The molecule has 0 N–H and O–H groups in total. The van der Waals surface area contributed by atoms with Crippen LogP contribution in [-0.2, 0) is 25.5 Å². The number of carbonyl (C=O) groups excluding carboxylic acids is 3. The lowest BCUT2D eigenvalue weighted by Gasteiger charge is -2.46. The number of benzene rings is 1. The summed E-state index contributed by atoms with van der Waals surface area (Å²) in [4.78, 5) is 43.2. The lowest BCUT2D eigenvalue weighted by molar-refractivity contribution is -0.170. The SMILES string of the molecule is CCOC(=O)[C@H](CCc1ccccc1)N1C(=O)[C@@H]2C[C@@H]3CCCC[C@@H]3N2C(=O)[C@@H]1C. The van der Waals surface area contributed by atoms with Gasteiger partial charge in [0, 0.05) is 6.04 Å². The zero-order chi connectivity index (χ0) is 21.3. The fourth-order valence-corrected chi connectivity index (χ4v) is 5.68. The Hall–Kier alpha value is -2.37. The maximum atomic E-state index is 13.6. The van der Waals surface area contributed by atoms with E-state index in [1.54, 1.807) is 18.7 Å². The van der Waals surface area contributed by atoms with Gasteiger partial charge < -0.3 is 14.5 Å². The van der Waals surface area contributed by atoms with Crippen LogP contribution in [0.15, 0.2) is 30.3 Å². The third kappa shape index (κ3) is 3.72. The zero-order valence-electron chi connectivity index (χ0n) is 18.0. The number of hydrogen-bond donors (Lipinski definition) is 0. The second-order valence-electron chi connectivity index (χ2n) is 8.82. The Morgan fingerprint density at radius 3 is 2.60 bits per heavy atom. The average molecular weight is 413 g/mol. The Morgan fingerprint density at radius 2 is 1.87 bits per heavy atom. The van der Waals surface area contributed by atoms with E-state index in [4.69, 9.17) is 4.74 Å². The van der Waals surface area contributed by atoms with E-state index < -0.39 is 24.1 Å². The first kappa shape index (κ1) is 20.9. The Morgan fingerprint density at radius 1 is 1.13 bits per heavy atom. The molecule has 3 aliphatic rings. The summed E-state index contributed by atoms with van der Waals surface area (Å²) in [7, 11) is 0. The molecule has 5 atom stereocenters. The third-order valence-electron chi connectivity index (χ3n) is 7.10. The van der Waals surface area contributed by atoms with Gasteiger partial charge in [0.1, 0.15) is 18.1 Å². The van der Waals surface area contributed by atoms with Crippen molar-refractivity contribution in [2.45, 2.75) is 83.0 Å². The molecule has 0 bridgehead atoms. The Balaban J connectivity index is 1.58. The van der Waals surface area contributed by atoms with Gasteiger partial charge in [0.15, 0.2) is 0 Å². The molecule has 3 fully saturated rings. The van der Waals surface area contributed by atoms with Crippen LogP contribution in [0.3, 0.4) is 0 Å². The van der Waals surface area contributed by atoms with E-state index in [9.17, 15) is 14.4 Å². The van der Waals surface area contributed by atoms with E-state index in [-0.39, 0.29) is 24.5 Å². The van der Waals surface area contributed by atoms with Gasteiger partial charge in [0.05, 0.1) is 6.61 Å². The first-order chi connectivity index (χ1) is 14.5. The number of esters is 1. The second-order valence-corrected chi connectivity index (χ2v) is 8.82. The summed E-state index contributed by atoms with van der Waals surface area (Å²) < 4.78 is 5.33. The highest BCUT2D eigenvalue weighted by Gasteiger charge is 2.55. The molecular weight excluding hydrogens is 380 g/mol. The van der Waals surface area contributed by atoms with Crippen molar-refractivity contribution in [3.05, 3.63) is 35.9 Å². The molecule has 2 saturated heterocycles. The molecule has 1 aromatic rings. The molecule has 2 heterocycles. The minimum absolute atomic E-state index is 0.0111.